The Bertz CT molecular complexity index is 898. The van der Waals surface area contributed by atoms with E-state index in [2.05, 4.69) is 74.4 Å². The number of hydrogen-bond acceptors (Lipinski definition) is 1. The molecule has 0 unspecified atom stereocenters. The van der Waals surface area contributed by atoms with Gasteiger partial charge in [0.25, 0.3) is 0 Å². The number of alkyl halides is 2. The number of rotatable bonds is 15. The quantitative estimate of drug-likeness (QED) is 0.137. The van der Waals surface area contributed by atoms with E-state index in [4.69, 9.17) is 4.74 Å². The Hall–Kier alpha value is -0.911. The molecule has 1 aromatic rings. The van der Waals surface area contributed by atoms with E-state index >= 15 is 4.39 Å². The topological polar surface area (TPSA) is 9.23 Å². The molecule has 0 atom stereocenters. The van der Waals surface area contributed by atoms with Crippen LogP contribution in [0.1, 0.15) is 124 Å². The van der Waals surface area contributed by atoms with Crippen LogP contribution in [0.15, 0.2) is 28.1 Å². The standard InChI is InChI=1S/C21H28F3O.3C4H9.Sn/c1-14(9-8-10-22)16-11-15(20(2,3)4)12-17(21(5,6)7)19(16)25-13-18(23)24;3*1-3-4-2;/h8-9,11-12,18H,13H2,1-7H3;3*1,3-4H2,2H3;/b10-8?,14-9-;;;;. The van der Waals surface area contributed by atoms with Crippen LogP contribution in [0.25, 0.3) is 5.57 Å². The number of halogens is 3. The Morgan fingerprint density at radius 3 is 1.74 bits per heavy atom. The molecule has 1 nitrogen and oxygen atoms in total. The van der Waals surface area contributed by atoms with Crippen molar-refractivity contribution in [3.63, 3.8) is 0 Å². The van der Waals surface area contributed by atoms with E-state index in [1.165, 1.54) is 0 Å². The molecule has 0 aliphatic carbocycles. The van der Waals surface area contributed by atoms with Crippen LogP contribution in [-0.4, -0.2) is 31.4 Å². The fourth-order valence-electron chi connectivity index (χ4n) is 4.96. The average molecular weight is 644 g/mol. The summed E-state index contributed by atoms with van der Waals surface area (Å²) in [6.45, 7) is 20.5. The van der Waals surface area contributed by atoms with Crippen LogP contribution in [0.4, 0.5) is 13.2 Å². The van der Waals surface area contributed by atoms with Gasteiger partial charge in [-0.2, -0.15) is 0 Å². The molecule has 0 radical (unpaired) electrons. The zero-order valence-electron chi connectivity index (χ0n) is 26.0. The van der Waals surface area contributed by atoms with Crippen molar-refractivity contribution in [1.82, 2.24) is 0 Å². The number of allylic oxidation sites excluding steroid dienone is 3. The first-order valence-electron chi connectivity index (χ1n) is 14.8. The molecule has 0 aliphatic rings. The van der Waals surface area contributed by atoms with E-state index in [9.17, 15) is 8.78 Å². The van der Waals surface area contributed by atoms with E-state index in [-0.39, 0.29) is 14.7 Å². The summed E-state index contributed by atoms with van der Waals surface area (Å²) in [6, 6.07) is 4.14. The van der Waals surface area contributed by atoms with Crippen molar-refractivity contribution in [3.05, 3.63) is 44.8 Å². The van der Waals surface area contributed by atoms with Gasteiger partial charge in [-0.25, -0.2) is 0 Å². The van der Waals surface area contributed by atoms with Crippen LogP contribution in [0.2, 0.25) is 13.3 Å². The summed E-state index contributed by atoms with van der Waals surface area (Å²) in [5.74, 6) is 0.492. The van der Waals surface area contributed by atoms with Crippen LogP contribution < -0.4 is 4.74 Å². The normalized spacial score (nSPS) is 13.9. The van der Waals surface area contributed by atoms with Gasteiger partial charge in [-0.1, -0.05) is 0 Å². The minimum absolute atomic E-state index is 0.135. The van der Waals surface area contributed by atoms with Gasteiger partial charge in [0.2, 0.25) is 0 Å². The molecule has 1 aromatic carbocycles. The maximum absolute atomic E-state index is 16.2. The van der Waals surface area contributed by atoms with Gasteiger partial charge >= 0.3 is 237 Å². The Labute approximate surface area is 236 Å². The molecule has 0 bridgehead atoms. The number of unbranched alkanes of at least 4 members (excludes halogenated alkanes) is 3. The maximum atomic E-state index is 16.2. The number of ether oxygens (including phenoxy) is 1. The predicted octanol–water partition coefficient (Wildman–Crippen LogP) is 11.6. The molecule has 0 aliphatic heterocycles. The van der Waals surface area contributed by atoms with Gasteiger partial charge in [0, 0.05) is 0 Å². The summed E-state index contributed by atoms with van der Waals surface area (Å²) in [5.41, 5.74) is 3.21. The van der Waals surface area contributed by atoms with E-state index in [0.717, 1.165) is 74.1 Å². The first-order valence-corrected chi connectivity index (χ1v) is 22.3. The summed E-state index contributed by atoms with van der Waals surface area (Å²) < 4.78 is 51.9. The van der Waals surface area contributed by atoms with Gasteiger partial charge in [-0.3, -0.25) is 0 Å². The summed E-state index contributed by atoms with van der Waals surface area (Å²) in [7, 11) is 0. The Morgan fingerprint density at radius 2 is 1.34 bits per heavy atom. The SMILES string of the molecule is CCC[CH2][Sn]([CH2]CCC)([CH2]CCC)/[C](F)=C/C=C(/C)c1cc(C(C)(C)C)cc(C(C)(C)C)c1OCC(F)F. The van der Waals surface area contributed by atoms with E-state index in [0.29, 0.717) is 5.75 Å². The second-order valence-electron chi connectivity index (χ2n) is 13.1. The number of hydrogen-bond donors (Lipinski definition) is 0. The van der Waals surface area contributed by atoms with Gasteiger partial charge in [0.05, 0.1) is 0 Å². The molecule has 0 fully saturated rings. The van der Waals surface area contributed by atoms with E-state index in [1.54, 1.807) is 6.08 Å². The van der Waals surface area contributed by atoms with Crippen LogP contribution in [0.5, 0.6) is 5.75 Å². The van der Waals surface area contributed by atoms with Crippen molar-refractivity contribution in [1.29, 1.82) is 0 Å². The Morgan fingerprint density at radius 1 is 0.842 bits per heavy atom. The van der Waals surface area contributed by atoms with Crippen molar-refractivity contribution in [2.24, 2.45) is 0 Å². The number of benzene rings is 1. The van der Waals surface area contributed by atoms with Gasteiger partial charge in [-0.05, 0) is 0 Å². The molecule has 0 saturated carbocycles. The van der Waals surface area contributed by atoms with Crippen molar-refractivity contribution in [2.45, 2.75) is 138 Å². The van der Waals surface area contributed by atoms with Gasteiger partial charge in [0.15, 0.2) is 0 Å². The molecule has 0 heterocycles. The second-order valence-corrected chi connectivity index (χ2v) is 26.0. The average Bonchev–Trinajstić information content (AvgIpc) is 2.83. The molecule has 0 amide bonds. The fraction of sp³-hybridized carbons (Fsp3) is 0.697. The summed E-state index contributed by atoms with van der Waals surface area (Å²) >= 11 is -3.16. The molecule has 1 rings (SSSR count). The molecule has 38 heavy (non-hydrogen) atoms. The molecular formula is C33H55F3OSn. The summed E-state index contributed by atoms with van der Waals surface area (Å²) in [5, 5.41) is 0. The summed E-state index contributed by atoms with van der Waals surface area (Å²) in [4.78, 5) is 0. The van der Waals surface area contributed by atoms with Gasteiger partial charge in [-0.15, -0.1) is 0 Å². The first-order chi connectivity index (χ1) is 17.6. The molecule has 0 N–H and O–H groups in total. The summed E-state index contributed by atoms with van der Waals surface area (Å²) in [6.07, 6.45) is 7.64. The molecule has 218 valence electrons. The zero-order chi connectivity index (χ0) is 29.1. The van der Waals surface area contributed by atoms with Crippen LogP contribution in [0, 0.1) is 0 Å². The first kappa shape index (κ1) is 35.1. The Kier molecular flexibility index (Phi) is 14.6. The Balaban J connectivity index is 3.76. The third-order valence-electron chi connectivity index (χ3n) is 7.55. The van der Waals surface area contributed by atoms with Crippen LogP contribution in [0.3, 0.4) is 0 Å². The van der Waals surface area contributed by atoms with Crippen molar-refractivity contribution in [3.8, 4) is 5.75 Å². The third-order valence-corrected chi connectivity index (χ3v) is 22.1. The molecule has 0 aromatic heterocycles. The van der Waals surface area contributed by atoms with Crippen LogP contribution in [-0.2, 0) is 10.8 Å². The monoisotopic (exact) mass is 644 g/mol. The van der Waals surface area contributed by atoms with Gasteiger partial charge in [0.1, 0.15) is 0 Å². The van der Waals surface area contributed by atoms with Crippen molar-refractivity contribution in [2.75, 3.05) is 6.61 Å². The van der Waals surface area contributed by atoms with Crippen molar-refractivity contribution < 1.29 is 17.9 Å². The second kappa shape index (κ2) is 15.8. The predicted molar refractivity (Wildman–Crippen MR) is 163 cm³/mol. The fourth-order valence-corrected chi connectivity index (χ4v) is 19.2. The van der Waals surface area contributed by atoms with Gasteiger partial charge < -0.3 is 0 Å². The molecule has 0 spiro atoms. The van der Waals surface area contributed by atoms with Crippen molar-refractivity contribution >= 4 is 24.0 Å². The minimum atomic E-state index is -3.16. The zero-order valence-corrected chi connectivity index (χ0v) is 28.9. The molecule has 0 saturated heterocycles. The van der Waals surface area contributed by atoms with E-state index < -0.39 is 31.4 Å². The third kappa shape index (κ3) is 10.6. The molecular weight excluding hydrogens is 588 g/mol. The molecule has 5 heteroatoms. The van der Waals surface area contributed by atoms with E-state index in [1.807, 2.05) is 13.0 Å². The van der Waals surface area contributed by atoms with Crippen LogP contribution >= 0.6 is 0 Å².